The number of rotatable bonds is 2. The second-order valence-corrected chi connectivity index (χ2v) is 3.42. The van der Waals surface area contributed by atoms with Crippen LogP contribution in [0.2, 0.25) is 0 Å². The van der Waals surface area contributed by atoms with Gasteiger partial charge in [0.25, 0.3) is 0 Å². The van der Waals surface area contributed by atoms with Gasteiger partial charge in [0.05, 0.1) is 15.6 Å². The first-order chi connectivity index (χ1) is 3.71. The van der Waals surface area contributed by atoms with Crippen LogP contribution in [0.15, 0.2) is 0 Å². The van der Waals surface area contributed by atoms with Crippen LogP contribution < -0.4 is 19.6 Å². The Hall–Kier alpha value is 1.74. The van der Waals surface area contributed by atoms with E-state index in [0.29, 0.717) is 0 Å². The van der Waals surface area contributed by atoms with E-state index in [1.165, 1.54) is 0 Å². The predicted octanol–water partition coefficient (Wildman–Crippen LogP) is -3.72. The number of hydrogen-bond acceptors (Lipinski definition) is 7. The molecule has 0 saturated carbocycles. The zero-order valence-corrected chi connectivity index (χ0v) is 9.72. The van der Waals surface area contributed by atoms with E-state index in [-0.39, 0.29) is 44.8 Å². The van der Waals surface area contributed by atoms with E-state index in [4.69, 9.17) is 0 Å². The Bertz CT molecular complexity index is 157. The van der Waals surface area contributed by atoms with Gasteiger partial charge in [0, 0.05) is 0 Å². The maximum absolute atomic E-state index is 9.32. The molecule has 0 unspecified atom stereocenters. The molecule has 11 heavy (non-hydrogen) atoms. The summed E-state index contributed by atoms with van der Waals surface area (Å²) in [6, 6.07) is 0. The van der Waals surface area contributed by atoms with Crippen molar-refractivity contribution in [3.8, 4) is 0 Å². The van der Waals surface area contributed by atoms with Gasteiger partial charge in [-0.1, -0.05) is 0 Å². The Labute approximate surface area is 93.0 Å². The molecule has 0 atom stereocenters. The zero-order chi connectivity index (χ0) is 7.71. The molecular formula is MgO7P2Ti+2. The van der Waals surface area contributed by atoms with Crippen molar-refractivity contribution in [1.82, 2.24) is 0 Å². The minimum atomic E-state index is -5.68. The second kappa shape index (κ2) is 6.23. The predicted molar refractivity (Wildman–Crippen MR) is 22.1 cm³/mol. The van der Waals surface area contributed by atoms with Crippen LogP contribution in [0.3, 0.4) is 0 Å². The Morgan fingerprint density at radius 3 is 1.09 bits per heavy atom. The molecule has 0 radical (unpaired) electrons. The molecule has 0 aliphatic carbocycles. The van der Waals surface area contributed by atoms with Gasteiger partial charge in [0.1, 0.15) is 0 Å². The summed E-state index contributed by atoms with van der Waals surface area (Å²) in [4.78, 5) is 37.3. The second-order valence-electron chi connectivity index (χ2n) is 0.976. The molecule has 0 aliphatic rings. The zero-order valence-electron chi connectivity index (χ0n) is 4.96. The van der Waals surface area contributed by atoms with Crippen molar-refractivity contribution in [3.05, 3.63) is 0 Å². The van der Waals surface area contributed by atoms with Crippen LogP contribution in [0.5, 0.6) is 0 Å². The third-order valence-corrected chi connectivity index (χ3v) is 1.80. The molecular weight excluding hydrogens is 246 g/mol. The molecule has 11 heteroatoms. The van der Waals surface area contributed by atoms with Gasteiger partial charge in [-0.15, -0.1) is 0 Å². The average molecular weight is 246 g/mol. The van der Waals surface area contributed by atoms with Crippen molar-refractivity contribution in [3.63, 3.8) is 0 Å². The van der Waals surface area contributed by atoms with E-state index < -0.39 is 15.6 Å². The molecule has 7 nitrogen and oxygen atoms in total. The van der Waals surface area contributed by atoms with E-state index in [1.807, 2.05) is 0 Å². The van der Waals surface area contributed by atoms with E-state index in [0.717, 1.165) is 0 Å². The van der Waals surface area contributed by atoms with Crippen molar-refractivity contribution in [2.45, 2.75) is 0 Å². The van der Waals surface area contributed by atoms with Gasteiger partial charge in [0.15, 0.2) is 0 Å². The quantitative estimate of drug-likeness (QED) is 0.361. The van der Waals surface area contributed by atoms with Gasteiger partial charge in [-0.05, 0) is 0 Å². The van der Waals surface area contributed by atoms with Crippen molar-refractivity contribution < 1.29 is 54.7 Å². The van der Waals surface area contributed by atoms with Gasteiger partial charge >= 0.3 is 44.8 Å². The molecule has 0 aromatic rings. The van der Waals surface area contributed by atoms with Gasteiger partial charge < -0.3 is 33.0 Å². The fourth-order valence-electron chi connectivity index (χ4n) is 0.122. The van der Waals surface area contributed by atoms with Crippen LogP contribution in [0.4, 0.5) is 0 Å². The molecule has 0 aromatic carbocycles. The molecule has 0 saturated heterocycles. The molecule has 0 N–H and O–H groups in total. The number of phosphoric acid groups is 2. The van der Waals surface area contributed by atoms with Crippen molar-refractivity contribution >= 4 is 38.7 Å². The largest absolute Gasteiger partial charge is 4.00 e. The van der Waals surface area contributed by atoms with Crippen LogP contribution >= 0.6 is 15.6 Å². The van der Waals surface area contributed by atoms with Crippen molar-refractivity contribution in [2.75, 3.05) is 0 Å². The van der Waals surface area contributed by atoms with Crippen molar-refractivity contribution in [1.29, 1.82) is 0 Å². The molecule has 0 amide bonds. The van der Waals surface area contributed by atoms with E-state index in [1.54, 1.807) is 0 Å². The number of hydrogen-bond donors (Lipinski definition) is 0. The van der Waals surface area contributed by atoms with Crippen LogP contribution in [0, 0.1) is 0 Å². The third-order valence-electron chi connectivity index (χ3n) is 0.200. The molecule has 56 valence electrons. The maximum atomic E-state index is 9.32. The first-order valence-corrected chi connectivity index (χ1v) is 4.38. The van der Waals surface area contributed by atoms with Crippen LogP contribution in [0.25, 0.3) is 0 Å². The first kappa shape index (κ1) is 18.5. The summed E-state index contributed by atoms with van der Waals surface area (Å²) in [5.74, 6) is 0. The Morgan fingerprint density at radius 1 is 0.909 bits per heavy atom. The Kier molecular flexibility index (Phi) is 10.5. The molecule has 0 aromatic heterocycles. The fraction of sp³-hybridized carbons (Fsp3) is 0. The summed E-state index contributed by atoms with van der Waals surface area (Å²) in [7, 11) is -11.4. The topological polar surface area (TPSA) is 136 Å². The fourth-order valence-corrected chi connectivity index (χ4v) is 1.10. The first-order valence-electron chi connectivity index (χ1n) is 1.46. The van der Waals surface area contributed by atoms with Crippen LogP contribution in [-0.4, -0.2) is 23.1 Å². The Balaban J connectivity index is -0.000000320. The van der Waals surface area contributed by atoms with Gasteiger partial charge in [-0.3, -0.25) is 0 Å². The minimum Gasteiger partial charge on any atom is -0.790 e. The van der Waals surface area contributed by atoms with E-state index in [2.05, 4.69) is 4.31 Å². The molecule has 0 bridgehead atoms. The Morgan fingerprint density at radius 2 is 1.09 bits per heavy atom. The van der Waals surface area contributed by atoms with Gasteiger partial charge in [-0.25, -0.2) is 0 Å². The van der Waals surface area contributed by atoms with Crippen LogP contribution in [0.1, 0.15) is 0 Å². The third kappa shape index (κ3) is 18.6. The summed E-state index contributed by atoms with van der Waals surface area (Å²) in [5, 5.41) is 0. The molecule has 0 spiro atoms. The SMILES string of the molecule is O=P([O-])([O-])OP(=O)([O-])[O-].[Mg+2].[Ti+4]. The average Bonchev–Trinajstić information content (AvgIpc) is 1.14. The summed E-state index contributed by atoms with van der Waals surface area (Å²) in [6.07, 6.45) is 0. The van der Waals surface area contributed by atoms with Crippen molar-refractivity contribution in [2.24, 2.45) is 0 Å². The van der Waals surface area contributed by atoms with Crippen LogP contribution in [-0.2, 0) is 35.2 Å². The van der Waals surface area contributed by atoms with E-state index >= 15 is 0 Å². The maximum Gasteiger partial charge on any atom is 4.00 e. The summed E-state index contributed by atoms with van der Waals surface area (Å²) in [5.41, 5.74) is 0. The minimum absolute atomic E-state index is 0. The van der Waals surface area contributed by atoms with Gasteiger partial charge in [-0.2, -0.15) is 0 Å². The smallest absolute Gasteiger partial charge is 0.790 e. The summed E-state index contributed by atoms with van der Waals surface area (Å²) >= 11 is 0. The molecule has 0 rings (SSSR count). The monoisotopic (exact) mass is 246 g/mol. The summed E-state index contributed by atoms with van der Waals surface area (Å²) in [6.45, 7) is 0. The summed E-state index contributed by atoms with van der Waals surface area (Å²) < 4.78 is 21.2. The molecule has 0 fully saturated rings. The molecule has 0 heterocycles. The van der Waals surface area contributed by atoms with E-state index in [9.17, 15) is 28.7 Å². The standard InChI is InChI=1S/Mg.H4O7P2.Ti/c;1-8(2,3)7-9(4,5)6;/h;(H2,1,2,3)(H2,4,5,6);/q+2;;+4/p-4. The normalized spacial score (nSPS) is 11.3. The van der Waals surface area contributed by atoms with Gasteiger partial charge in [0.2, 0.25) is 0 Å². The molecule has 0 aliphatic heterocycles.